The van der Waals surface area contributed by atoms with Gasteiger partial charge in [0.15, 0.2) is 0 Å². The van der Waals surface area contributed by atoms with Gasteiger partial charge in [0.25, 0.3) is 0 Å². The van der Waals surface area contributed by atoms with E-state index in [1.807, 2.05) is 6.08 Å². The van der Waals surface area contributed by atoms with Crippen molar-refractivity contribution in [2.45, 2.75) is 33.1 Å². The van der Waals surface area contributed by atoms with Crippen LogP contribution in [-0.2, 0) is 4.79 Å². The quantitative estimate of drug-likeness (QED) is 0.586. The van der Waals surface area contributed by atoms with Gasteiger partial charge in [0, 0.05) is 6.08 Å². The third-order valence-corrected chi connectivity index (χ3v) is 4.44. The molecule has 1 N–H and O–H groups in total. The molecule has 2 heteroatoms. The first-order valence-corrected chi connectivity index (χ1v) is 6.67. The Balaban J connectivity index is 2.14. The van der Waals surface area contributed by atoms with E-state index in [1.165, 1.54) is 25.3 Å². The lowest BCUT2D eigenvalue weighted by Gasteiger charge is -2.42. The topological polar surface area (TPSA) is 37.3 Å². The number of hydrogen-bond donors (Lipinski definition) is 1. The van der Waals surface area contributed by atoms with Crippen LogP contribution in [0.15, 0.2) is 24.3 Å². The second-order valence-electron chi connectivity index (χ2n) is 5.76. The number of carboxylic acids is 1. The Bertz CT molecular complexity index is 343. The van der Waals surface area contributed by atoms with Crippen molar-refractivity contribution in [1.29, 1.82) is 0 Å². The fourth-order valence-corrected chi connectivity index (χ4v) is 3.50. The average molecular weight is 234 g/mol. The highest BCUT2D eigenvalue weighted by atomic mass is 16.4. The number of fused-ring (bicyclic) bond motifs is 1. The molecule has 0 spiro atoms. The fraction of sp³-hybridized carbons (Fsp3) is 0.667. The lowest BCUT2D eigenvalue weighted by molar-refractivity contribution is -0.131. The SMILES string of the molecule is C[C@@H]1CC[C@@H]2[C@@H](C=CC(=O)O)[C@@H](C)C=C[C@H]2C1. The molecule has 2 nitrogen and oxygen atoms in total. The molecule has 0 unspecified atom stereocenters. The Morgan fingerprint density at radius 3 is 2.76 bits per heavy atom. The van der Waals surface area contributed by atoms with E-state index < -0.39 is 5.97 Å². The second kappa shape index (κ2) is 5.07. The molecule has 0 aliphatic heterocycles. The highest BCUT2D eigenvalue weighted by Crippen LogP contribution is 2.45. The molecule has 0 saturated heterocycles. The van der Waals surface area contributed by atoms with Gasteiger partial charge in [-0.3, -0.25) is 0 Å². The fourth-order valence-electron chi connectivity index (χ4n) is 3.50. The zero-order chi connectivity index (χ0) is 12.4. The highest BCUT2D eigenvalue weighted by Gasteiger charge is 2.36. The lowest BCUT2D eigenvalue weighted by Crippen LogP contribution is -2.33. The van der Waals surface area contributed by atoms with Crippen LogP contribution in [0, 0.1) is 29.6 Å². The van der Waals surface area contributed by atoms with Crippen LogP contribution in [0.3, 0.4) is 0 Å². The van der Waals surface area contributed by atoms with Gasteiger partial charge >= 0.3 is 5.97 Å². The second-order valence-corrected chi connectivity index (χ2v) is 5.76. The smallest absolute Gasteiger partial charge is 0.327 e. The minimum absolute atomic E-state index is 0.411. The molecule has 0 amide bonds. The Hall–Kier alpha value is -1.05. The molecule has 0 radical (unpaired) electrons. The maximum Gasteiger partial charge on any atom is 0.327 e. The van der Waals surface area contributed by atoms with Crippen molar-refractivity contribution in [3.8, 4) is 0 Å². The van der Waals surface area contributed by atoms with Crippen LogP contribution < -0.4 is 0 Å². The van der Waals surface area contributed by atoms with Crippen LogP contribution in [0.1, 0.15) is 33.1 Å². The van der Waals surface area contributed by atoms with Gasteiger partial charge in [-0.15, -0.1) is 0 Å². The molecule has 2 rings (SSSR count). The van der Waals surface area contributed by atoms with E-state index in [-0.39, 0.29) is 0 Å². The zero-order valence-corrected chi connectivity index (χ0v) is 10.7. The molecule has 0 aromatic heterocycles. The Labute approximate surface area is 103 Å². The maximum absolute atomic E-state index is 10.7. The molecule has 0 aromatic carbocycles. The van der Waals surface area contributed by atoms with Gasteiger partial charge in [-0.1, -0.05) is 38.5 Å². The minimum Gasteiger partial charge on any atom is -0.478 e. The molecule has 0 aromatic rings. The average Bonchev–Trinajstić information content (AvgIpc) is 2.27. The molecule has 2 aliphatic carbocycles. The van der Waals surface area contributed by atoms with Crippen molar-refractivity contribution >= 4 is 5.97 Å². The van der Waals surface area contributed by atoms with Gasteiger partial charge in [0.05, 0.1) is 0 Å². The van der Waals surface area contributed by atoms with Gasteiger partial charge in [-0.2, -0.15) is 0 Å². The molecule has 2 aliphatic rings. The van der Waals surface area contributed by atoms with Gasteiger partial charge in [0.2, 0.25) is 0 Å². The third kappa shape index (κ3) is 2.80. The molecule has 17 heavy (non-hydrogen) atoms. The van der Waals surface area contributed by atoms with E-state index in [2.05, 4.69) is 26.0 Å². The van der Waals surface area contributed by atoms with Crippen molar-refractivity contribution in [1.82, 2.24) is 0 Å². The largest absolute Gasteiger partial charge is 0.478 e. The van der Waals surface area contributed by atoms with E-state index in [0.717, 1.165) is 5.92 Å². The summed E-state index contributed by atoms with van der Waals surface area (Å²) in [5.74, 6) is 2.19. The van der Waals surface area contributed by atoms with Crippen molar-refractivity contribution < 1.29 is 9.90 Å². The summed E-state index contributed by atoms with van der Waals surface area (Å²) in [4.78, 5) is 10.7. The standard InChI is InChI=1S/C15H22O2/c1-10-3-6-14-12(9-10)5-4-11(2)13(14)7-8-15(16)17/h4-5,7-8,10-14H,3,6,9H2,1-2H3,(H,16,17)/t10-,11+,12+,13+,14+/m1/s1. The van der Waals surface area contributed by atoms with Gasteiger partial charge in [0.1, 0.15) is 0 Å². The predicted molar refractivity (Wildman–Crippen MR) is 68.6 cm³/mol. The summed E-state index contributed by atoms with van der Waals surface area (Å²) in [5.41, 5.74) is 0. The summed E-state index contributed by atoms with van der Waals surface area (Å²) in [6.07, 6.45) is 11.7. The van der Waals surface area contributed by atoms with Crippen LogP contribution in [0.25, 0.3) is 0 Å². The van der Waals surface area contributed by atoms with Gasteiger partial charge in [-0.05, 0) is 42.4 Å². The third-order valence-electron chi connectivity index (χ3n) is 4.44. The van der Waals surface area contributed by atoms with E-state index >= 15 is 0 Å². The molecular formula is C15H22O2. The number of hydrogen-bond acceptors (Lipinski definition) is 1. The highest BCUT2D eigenvalue weighted by molar-refractivity contribution is 5.79. The summed E-state index contributed by atoms with van der Waals surface area (Å²) >= 11 is 0. The molecule has 1 fully saturated rings. The predicted octanol–water partition coefficient (Wildman–Crippen LogP) is 3.50. The molecule has 1 saturated carbocycles. The van der Waals surface area contributed by atoms with Crippen molar-refractivity contribution in [2.75, 3.05) is 0 Å². The van der Waals surface area contributed by atoms with Crippen LogP contribution >= 0.6 is 0 Å². The number of carboxylic acid groups (broad SMARTS) is 1. The minimum atomic E-state index is -0.826. The monoisotopic (exact) mass is 234 g/mol. The summed E-state index contributed by atoms with van der Waals surface area (Å²) in [7, 11) is 0. The summed E-state index contributed by atoms with van der Waals surface area (Å²) in [6.45, 7) is 4.52. The van der Waals surface area contributed by atoms with Gasteiger partial charge in [-0.25, -0.2) is 4.79 Å². The van der Waals surface area contributed by atoms with E-state index in [1.54, 1.807) is 0 Å². The zero-order valence-electron chi connectivity index (χ0n) is 10.7. The molecule has 5 atom stereocenters. The first kappa shape index (κ1) is 12.4. The van der Waals surface area contributed by atoms with Gasteiger partial charge < -0.3 is 5.11 Å². The Kier molecular flexibility index (Phi) is 3.70. The number of rotatable bonds is 2. The summed E-state index contributed by atoms with van der Waals surface area (Å²) in [6, 6.07) is 0. The summed E-state index contributed by atoms with van der Waals surface area (Å²) in [5, 5.41) is 8.76. The Morgan fingerprint density at radius 1 is 1.29 bits per heavy atom. The molecule has 0 bridgehead atoms. The first-order valence-electron chi connectivity index (χ1n) is 6.67. The van der Waals surface area contributed by atoms with Crippen molar-refractivity contribution in [2.24, 2.45) is 29.6 Å². The van der Waals surface area contributed by atoms with Crippen molar-refractivity contribution in [3.63, 3.8) is 0 Å². The van der Waals surface area contributed by atoms with E-state index in [0.29, 0.717) is 23.7 Å². The van der Waals surface area contributed by atoms with Crippen molar-refractivity contribution in [3.05, 3.63) is 24.3 Å². The van der Waals surface area contributed by atoms with E-state index in [4.69, 9.17) is 5.11 Å². The normalized spacial score (nSPS) is 41.4. The van der Waals surface area contributed by atoms with E-state index in [9.17, 15) is 4.79 Å². The number of allylic oxidation sites excluding steroid dienone is 3. The number of aliphatic carboxylic acids is 1. The molecule has 94 valence electrons. The first-order chi connectivity index (χ1) is 8.08. The number of carbonyl (C=O) groups is 1. The molecule has 0 heterocycles. The molecular weight excluding hydrogens is 212 g/mol. The van der Waals surface area contributed by atoms with Crippen LogP contribution in [-0.4, -0.2) is 11.1 Å². The van der Waals surface area contributed by atoms with Crippen LogP contribution in [0.5, 0.6) is 0 Å². The Morgan fingerprint density at radius 2 is 2.06 bits per heavy atom. The summed E-state index contributed by atoms with van der Waals surface area (Å²) < 4.78 is 0. The van der Waals surface area contributed by atoms with Crippen LogP contribution in [0.4, 0.5) is 0 Å². The maximum atomic E-state index is 10.7. The lowest BCUT2D eigenvalue weighted by atomic mass is 9.63. The van der Waals surface area contributed by atoms with Crippen LogP contribution in [0.2, 0.25) is 0 Å².